The summed E-state index contributed by atoms with van der Waals surface area (Å²) in [5.74, 6) is 0.228. The number of fused-ring (bicyclic) bond motifs is 1. The fourth-order valence-corrected chi connectivity index (χ4v) is 5.78. The molecule has 1 aliphatic rings. The first kappa shape index (κ1) is 24.1. The third-order valence-electron chi connectivity index (χ3n) is 5.56. The zero-order chi connectivity index (χ0) is 23.7. The molecule has 1 fully saturated rings. The van der Waals surface area contributed by atoms with Gasteiger partial charge in [-0.05, 0) is 36.2 Å². The average molecular weight is 525 g/mol. The summed E-state index contributed by atoms with van der Waals surface area (Å²) in [5, 5.41) is 5.31. The Morgan fingerprint density at radius 2 is 1.67 bits per heavy atom. The molecule has 0 unspecified atom stereocenters. The third-order valence-corrected chi connectivity index (χ3v) is 7.69. The van der Waals surface area contributed by atoms with Crippen molar-refractivity contribution >= 4 is 79.4 Å². The Kier molecular flexibility index (Phi) is 7.39. The number of piperazine rings is 1. The molecule has 5 nitrogen and oxygen atoms in total. The quantitative estimate of drug-likeness (QED) is 0.399. The molecule has 2 aromatic carbocycles. The number of anilines is 2. The van der Waals surface area contributed by atoms with E-state index in [0.717, 1.165) is 15.8 Å². The van der Waals surface area contributed by atoms with Gasteiger partial charge in [-0.2, -0.15) is 0 Å². The van der Waals surface area contributed by atoms with E-state index in [1.54, 1.807) is 24.3 Å². The van der Waals surface area contributed by atoms with Crippen LogP contribution >= 0.6 is 46.1 Å². The fourth-order valence-electron chi connectivity index (χ4n) is 3.92. The van der Waals surface area contributed by atoms with E-state index in [2.05, 4.69) is 10.2 Å². The molecule has 3 aromatic rings. The van der Waals surface area contributed by atoms with Crippen LogP contribution in [0.15, 0.2) is 36.4 Å². The molecule has 1 N–H and O–H groups in total. The molecule has 9 heteroatoms. The van der Waals surface area contributed by atoms with Gasteiger partial charge in [0.05, 0.1) is 16.4 Å². The number of carbonyl (C=O) groups is 2. The molecule has 4 rings (SSSR count). The minimum absolute atomic E-state index is 0.189. The number of hydrogen-bond donors (Lipinski definition) is 1. The van der Waals surface area contributed by atoms with Crippen molar-refractivity contribution in [2.45, 2.75) is 20.3 Å². The lowest BCUT2D eigenvalue weighted by Crippen LogP contribution is -2.49. The van der Waals surface area contributed by atoms with E-state index in [-0.39, 0.29) is 11.8 Å². The number of nitrogens with zero attached hydrogens (tertiary/aromatic N) is 2. The summed E-state index contributed by atoms with van der Waals surface area (Å²) in [6, 6.07) is 10.8. The van der Waals surface area contributed by atoms with Crippen molar-refractivity contribution in [2.75, 3.05) is 36.4 Å². The van der Waals surface area contributed by atoms with Crippen LogP contribution in [0.5, 0.6) is 0 Å². The highest BCUT2D eigenvalue weighted by atomic mass is 35.5. The molecular weight excluding hydrogens is 501 g/mol. The fraction of sp³-hybridized carbons (Fsp3) is 0.333. The molecule has 0 radical (unpaired) electrons. The Balaban J connectivity index is 1.53. The Bertz CT molecular complexity index is 1200. The van der Waals surface area contributed by atoms with E-state index in [4.69, 9.17) is 34.8 Å². The van der Waals surface area contributed by atoms with E-state index < -0.39 is 0 Å². The lowest BCUT2D eigenvalue weighted by atomic mass is 10.1. The van der Waals surface area contributed by atoms with Gasteiger partial charge in [-0.1, -0.05) is 54.7 Å². The second-order valence-electron chi connectivity index (χ2n) is 8.47. The van der Waals surface area contributed by atoms with Gasteiger partial charge in [0.2, 0.25) is 5.91 Å². The van der Waals surface area contributed by atoms with Gasteiger partial charge in [-0.25, -0.2) is 0 Å². The van der Waals surface area contributed by atoms with Crippen LogP contribution in [0.25, 0.3) is 10.1 Å². The Morgan fingerprint density at radius 3 is 2.36 bits per heavy atom. The Hall–Kier alpha value is -1.99. The predicted molar refractivity (Wildman–Crippen MR) is 139 cm³/mol. The number of thiophene rings is 1. The highest BCUT2D eigenvalue weighted by molar-refractivity contribution is 7.21. The summed E-state index contributed by atoms with van der Waals surface area (Å²) >= 11 is 20.1. The van der Waals surface area contributed by atoms with Crippen LogP contribution in [-0.4, -0.2) is 42.9 Å². The molecule has 33 heavy (non-hydrogen) atoms. The van der Waals surface area contributed by atoms with Gasteiger partial charge in [-0.3, -0.25) is 9.59 Å². The molecule has 174 valence electrons. The first-order valence-electron chi connectivity index (χ1n) is 10.7. The number of carbonyl (C=O) groups excluding carboxylic acids is 2. The summed E-state index contributed by atoms with van der Waals surface area (Å²) in [6.07, 6.45) is 0.559. The lowest BCUT2D eigenvalue weighted by molar-refractivity contribution is -0.132. The van der Waals surface area contributed by atoms with Crippen LogP contribution in [0.4, 0.5) is 11.4 Å². The Morgan fingerprint density at radius 1 is 1.00 bits per heavy atom. The van der Waals surface area contributed by atoms with E-state index >= 15 is 0 Å². The average Bonchev–Trinajstić information content (AvgIpc) is 3.09. The van der Waals surface area contributed by atoms with Gasteiger partial charge in [0, 0.05) is 52.7 Å². The summed E-state index contributed by atoms with van der Waals surface area (Å²) in [6.45, 7) is 6.74. The Labute approximate surface area is 212 Å². The summed E-state index contributed by atoms with van der Waals surface area (Å²) in [7, 11) is 0. The maximum atomic E-state index is 13.1. The first-order valence-corrected chi connectivity index (χ1v) is 12.7. The third kappa shape index (κ3) is 5.40. The number of amides is 2. The van der Waals surface area contributed by atoms with Gasteiger partial charge >= 0.3 is 0 Å². The maximum absolute atomic E-state index is 13.1. The number of benzene rings is 2. The van der Waals surface area contributed by atoms with Crippen LogP contribution in [0, 0.1) is 5.92 Å². The number of rotatable bonds is 5. The molecule has 0 aliphatic carbocycles. The van der Waals surface area contributed by atoms with Crippen LogP contribution in [0.2, 0.25) is 15.1 Å². The van der Waals surface area contributed by atoms with Crippen LogP contribution < -0.4 is 10.2 Å². The molecule has 1 aliphatic heterocycles. The number of halogens is 3. The van der Waals surface area contributed by atoms with Crippen molar-refractivity contribution in [3.05, 3.63) is 56.3 Å². The number of nitrogens with one attached hydrogen (secondary N) is 1. The monoisotopic (exact) mass is 523 g/mol. The largest absolute Gasteiger partial charge is 0.366 e. The van der Waals surface area contributed by atoms with Crippen molar-refractivity contribution in [1.82, 2.24) is 4.90 Å². The van der Waals surface area contributed by atoms with E-state index in [1.807, 2.05) is 30.9 Å². The molecule has 0 bridgehead atoms. The predicted octanol–water partition coefficient (Wildman–Crippen LogP) is 6.81. The van der Waals surface area contributed by atoms with E-state index in [0.29, 0.717) is 64.2 Å². The smallest absolute Gasteiger partial charge is 0.267 e. The summed E-state index contributed by atoms with van der Waals surface area (Å²) < 4.78 is 0.853. The molecule has 1 aromatic heterocycles. The van der Waals surface area contributed by atoms with Gasteiger partial charge in [-0.15, -0.1) is 11.3 Å². The minimum atomic E-state index is -0.299. The van der Waals surface area contributed by atoms with Gasteiger partial charge in [0.15, 0.2) is 0 Å². The van der Waals surface area contributed by atoms with Crippen molar-refractivity contribution in [3.8, 4) is 0 Å². The minimum Gasteiger partial charge on any atom is -0.366 e. The SMILES string of the molecule is CC(C)CC(=O)N1CCN(c2ccc(Cl)cc2NC(=O)c2sc3cc(Cl)ccc3c2Cl)CC1. The zero-order valence-corrected chi connectivity index (χ0v) is 21.4. The normalized spacial score (nSPS) is 14.2. The van der Waals surface area contributed by atoms with Gasteiger partial charge in [0.1, 0.15) is 4.88 Å². The van der Waals surface area contributed by atoms with Crippen molar-refractivity contribution in [3.63, 3.8) is 0 Å². The highest BCUT2D eigenvalue weighted by Gasteiger charge is 2.24. The van der Waals surface area contributed by atoms with Gasteiger partial charge < -0.3 is 15.1 Å². The van der Waals surface area contributed by atoms with Crippen molar-refractivity contribution in [1.29, 1.82) is 0 Å². The molecule has 0 spiro atoms. The lowest BCUT2D eigenvalue weighted by Gasteiger charge is -2.37. The molecule has 0 atom stereocenters. The van der Waals surface area contributed by atoms with Crippen LogP contribution in [0.3, 0.4) is 0 Å². The number of hydrogen-bond acceptors (Lipinski definition) is 4. The van der Waals surface area contributed by atoms with Gasteiger partial charge in [0.25, 0.3) is 5.91 Å². The van der Waals surface area contributed by atoms with Crippen molar-refractivity contribution in [2.24, 2.45) is 5.92 Å². The molecule has 2 heterocycles. The van der Waals surface area contributed by atoms with Crippen LogP contribution in [0.1, 0.15) is 29.9 Å². The molecule has 0 saturated carbocycles. The first-order chi connectivity index (χ1) is 15.7. The van der Waals surface area contributed by atoms with Crippen LogP contribution in [-0.2, 0) is 4.79 Å². The highest BCUT2D eigenvalue weighted by Crippen LogP contribution is 2.38. The standard InChI is InChI=1S/C24H24Cl3N3O2S/c1-14(2)11-21(31)30-9-7-29(8-10-30)19-6-4-15(25)12-18(19)28-24(32)23-22(27)17-5-3-16(26)13-20(17)33-23/h3-6,12-14H,7-11H2,1-2H3,(H,28,32). The summed E-state index contributed by atoms with van der Waals surface area (Å²) in [5.41, 5.74) is 1.48. The van der Waals surface area contributed by atoms with E-state index in [9.17, 15) is 9.59 Å². The zero-order valence-electron chi connectivity index (χ0n) is 18.3. The summed E-state index contributed by atoms with van der Waals surface area (Å²) in [4.78, 5) is 30.0. The second-order valence-corrected chi connectivity index (χ2v) is 10.8. The second kappa shape index (κ2) is 10.1. The topological polar surface area (TPSA) is 52.7 Å². The molecular formula is C24H24Cl3N3O2S. The van der Waals surface area contributed by atoms with E-state index in [1.165, 1.54) is 11.3 Å². The molecule has 1 saturated heterocycles. The van der Waals surface area contributed by atoms with Crippen molar-refractivity contribution < 1.29 is 9.59 Å². The molecule has 2 amide bonds. The maximum Gasteiger partial charge on any atom is 0.267 e.